The van der Waals surface area contributed by atoms with Gasteiger partial charge in [-0.3, -0.25) is 9.59 Å². The Labute approximate surface area is 159 Å². The van der Waals surface area contributed by atoms with E-state index in [1.54, 1.807) is 54.6 Å². The van der Waals surface area contributed by atoms with E-state index in [9.17, 15) is 9.59 Å². The number of hydrogen-bond acceptors (Lipinski definition) is 3. The third-order valence-electron chi connectivity index (χ3n) is 4.31. The number of nitrogens with two attached hydrogens (primary N) is 1. The van der Waals surface area contributed by atoms with E-state index in [4.69, 9.17) is 17.3 Å². The van der Waals surface area contributed by atoms with Crippen molar-refractivity contribution >= 4 is 34.3 Å². The van der Waals surface area contributed by atoms with Crippen LogP contribution in [0.25, 0.3) is 22.4 Å². The number of nitrogens with one attached hydrogen (secondary N) is 1. The molecule has 5 nitrogen and oxygen atoms in total. The van der Waals surface area contributed by atoms with Crippen LogP contribution in [0.4, 0.5) is 0 Å². The van der Waals surface area contributed by atoms with Crippen molar-refractivity contribution in [3.05, 3.63) is 88.4 Å². The molecule has 0 saturated heterocycles. The zero-order valence-electron chi connectivity index (χ0n) is 14.1. The first-order chi connectivity index (χ1) is 13.0. The van der Waals surface area contributed by atoms with Crippen LogP contribution in [0.15, 0.2) is 66.7 Å². The van der Waals surface area contributed by atoms with Crippen LogP contribution in [0.3, 0.4) is 0 Å². The van der Waals surface area contributed by atoms with Crippen LogP contribution in [0.1, 0.15) is 26.3 Å². The van der Waals surface area contributed by atoms with E-state index in [-0.39, 0.29) is 5.78 Å². The lowest BCUT2D eigenvalue weighted by Crippen LogP contribution is -2.10. The van der Waals surface area contributed by atoms with Gasteiger partial charge in [0.1, 0.15) is 5.82 Å². The van der Waals surface area contributed by atoms with Crippen LogP contribution in [0.2, 0.25) is 5.02 Å². The van der Waals surface area contributed by atoms with Crippen molar-refractivity contribution in [1.82, 2.24) is 9.97 Å². The molecule has 4 aromatic rings. The Morgan fingerprint density at radius 2 is 1.63 bits per heavy atom. The Morgan fingerprint density at radius 3 is 2.33 bits per heavy atom. The summed E-state index contributed by atoms with van der Waals surface area (Å²) in [6.07, 6.45) is 0. The standard InChI is InChI=1S/C21H14ClN3O2/c22-16-4-2-1-3-15(16)19(26)12-5-7-13(8-6-12)21-24-17-10-9-14(20(23)27)11-18(17)25-21/h1-11H,(H2,23,27)(H,24,25). The maximum absolute atomic E-state index is 12.6. The molecule has 0 atom stereocenters. The van der Waals surface area contributed by atoms with E-state index in [0.29, 0.717) is 33.1 Å². The molecule has 0 spiro atoms. The highest BCUT2D eigenvalue weighted by molar-refractivity contribution is 6.35. The minimum Gasteiger partial charge on any atom is -0.366 e. The molecule has 0 radical (unpaired) electrons. The summed E-state index contributed by atoms with van der Waals surface area (Å²) < 4.78 is 0. The highest BCUT2D eigenvalue weighted by atomic mass is 35.5. The lowest BCUT2D eigenvalue weighted by atomic mass is 10.0. The number of amides is 1. The first-order valence-corrected chi connectivity index (χ1v) is 8.60. The van der Waals surface area contributed by atoms with Crippen molar-refractivity contribution in [2.45, 2.75) is 0 Å². The Kier molecular flexibility index (Phi) is 4.22. The van der Waals surface area contributed by atoms with Crippen molar-refractivity contribution < 1.29 is 9.59 Å². The van der Waals surface area contributed by atoms with Gasteiger partial charge in [0.05, 0.1) is 16.1 Å². The minimum atomic E-state index is -0.496. The number of H-pyrrole nitrogens is 1. The number of rotatable bonds is 4. The van der Waals surface area contributed by atoms with E-state index in [1.165, 1.54) is 0 Å². The fourth-order valence-corrected chi connectivity index (χ4v) is 3.10. The molecule has 4 rings (SSSR count). The van der Waals surface area contributed by atoms with Gasteiger partial charge in [-0.15, -0.1) is 0 Å². The summed E-state index contributed by atoms with van der Waals surface area (Å²) in [6, 6.07) is 19.1. The molecule has 0 bridgehead atoms. The minimum absolute atomic E-state index is 0.136. The molecule has 3 N–H and O–H groups in total. The third-order valence-corrected chi connectivity index (χ3v) is 4.64. The van der Waals surface area contributed by atoms with Crippen LogP contribution in [0.5, 0.6) is 0 Å². The topological polar surface area (TPSA) is 88.8 Å². The number of carbonyl (C=O) groups is 2. The second-order valence-electron chi connectivity index (χ2n) is 6.07. The van der Waals surface area contributed by atoms with Gasteiger partial charge < -0.3 is 10.7 Å². The maximum Gasteiger partial charge on any atom is 0.248 e. The molecule has 1 amide bonds. The molecular weight excluding hydrogens is 362 g/mol. The first-order valence-electron chi connectivity index (χ1n) is 8.22. The van der Waals surface area contributed by atoms with Gasteiger partial charge in [-0.05, 0) is 30.3 Å². The molecule has 132 valence electrons. The average molecular weight is 376 g/mol. The lowest BCUT2D eigenvalue weighted by molar-refractivity contribution is 0.0998. The van der Waals surface area contributed by atoms with E-state index < -0.39 is 5.91 Å². The largest absolute Gasteiger partial charge is 0.366 e. The molecule has 6 heteroatoms. The molecule has 1 aromatic heterocycles. The molecule has 27 heavy (non-hydrogen) atoms. The maximum atomic E-state index is 12.6. The molecule has 0 aliphatic heterocycles. The van der Waals surface area contributed by atoms with Crippen LogP contribution in [0, 0.1) is 0 Å². The molecule has 0 saturated carbocycles. The van der Waals surface area contributed by atoms with Gasteiger partial charge in [-0.1, -0.05) is 48.0 Å². The van der Waals surface area contributed by atoms with Crippen molar-refractivity contribution in [2.24, 2.45) is 5.73 Å². The number of nitrogens with zero attached hydrogens (tertiary/aromatic N) is 1. The average Bonchev–Trinajstić information content (AvgIpc) is 3.11. The van der Waals surface area contributed by atoms with Crippen molar-refractivity contribution in [2.75, 3.05) is 0 Å². The Bertz CT molecular complexity index is 1180. The van der Waals surface area contributed by atoms with E-state index in [1.807, 2.05) is 12.1 Å². The lowest BCUT2D eigenvalue weighted by Gasteiger charge is -2.04. The second-order valence-corrected chi connectivity index (χ2v) is 6.48. The van der Waals surface area contributed by atoms with Gasteiger partial charge >= 0.3 is 0 Å². The SMILES string of the molecule is NC(=O)c1ccc2[nH]c(-c3ccc(C(=O)c4ccccc4Cl)cc3)nc2c1. The smallest absolute Gasteiger partial charge is 0.248 e. The van der Waals surface area contributed by atoms with Gasteiger partial charge in [0.2, 0.25) is 5.91 Å². The van der Waals surface area contributed by atoms with Crippen LogP contribution in [-0.2, 0) is 0 Å². The number of primary amides is 1. The Hall–Kier alpha value is -3.44. The van der Waals surface area contributed by atoms with E-state index in [0.717, 1.165) is 11.1 Å². The second kappa shape index (κ2) is 6.70. The zero-order chi connectivity index (χ0) is 19.0. The number of halogens is 1. The Balaban J connectivity index is 1.66. The summed E-state index contributed by atoms with van der Waals surface area (Å²) in [6.45, 7) is 0. The summed E-state index contributed by atoms with van der Waals surface area (Å²) in [5, 5.41) is 0.425. The molecule has 0 unspecified atom stereocenters. The van der Waals surface area contributed by atoms with Crippen LogP contribution in [-0.4, -0.2) is 21.7 Å². The van der Waals surface area contributed by atoms with E-state index in [2.05, 4.69) is 9.97 Å². The highest BCUT2D eigenvalue weighted by Crippen LogP contribution is 2.24. The van der Waals surface area contributed by atoms with Gasteiger partial charge in [0, 0.05) is 22.3 Å². The number of fused-ring (bicyclic) bond motifs is 1. The number of carbonyl (C=O) groups excluding carboxylic acids is 2. The summed E-state index contributed by atoms with van der Waals surface area (Å²) in [5.74, 6) is 0.00936. The highest BCUT2D eigenvalue weighted by Gasteiger charge is 2.13. The first kappa shape index (κ1) is 17.0. The van der Waals surface area contributed by atoms with Gasteiger partial charge in [-0.2, -0.15) is 0 Å². The van der Waals surface area contributed by atoms with Gasteiger partial charge in [0.15, 0.2) is 5.78 Å². The molecule has 1 heterocycles. The predicted octanol–water partition coefficient (Wildman–Crippen LogP) is 4.21. The van der Waals surface area contributed by atoms with Crippen LogP contribution < -0.4 is 5.73 Å². The predicted molar refractivity (Wildman–Crippen MR) is 105 cm³/mol. The normalized spacial score (nSPS) is 10.9. The number of imidazole rings is 1. The number of hydrogen-bond donors (Lipinski definition) is 2. The summed E-state index contributed by atoms with van der Waals surface area (Å²) in [5.41, 5.74) is 8.99. The molecule has 0 aliphatic carbocycles. The monoisotopic (exact) mass is 375 g/mol. The third kappa shape index (κ3) is 3.20. The number of aromatic amines is 1. The van der Waals surface area contributed by atoms with Gasteiger partial charge in [-0.25, -0.2) is 4.98 Å². The molecule has 0 fully saturated rings. The summed E-state index contributed by atoms with van der Waals surface area (Å²) >= 11 is 6.11. The van der Waals surface area contributed by atoms with Crippen molar-refractivity contribution in [3.63, 3.8) is 0 Å². The fraction of sp³-hybridized carbons (Fsp3) is 0. The summed E-state index contributed by atoms with van der Waals surface area (Å²) in [4.78, 5) is 31.6. The quantitative estimate of drug-likeness (QED) is 0.523. The molecule has 3 aromatic carbocycles. The summed E-state index contributed by atoms with van der Waals surface area (Å²) in [7, 11) is 0. The molecular formula is C21H14ClN3O2. The van der Waals surface area contributed by atoms with Crippen molar-refractivity contribution in [3.8, 4) is 11.4 Å². The number of ketones is 1. The number of benzene rings is 3. The van der Waals surface area contributed by atoms with Crippen molar-refractivity contribution in [1.29, 1.82) is 0 Å². The van der Waals surface area contributed by atoms with Crippen LogP contribution >= 0.6 is 11.6 Å². The number of aromatic nitrogens is 2. The fourth-order valence-electron chi connectivity index (χ4n) is 2.88. The zero-order valence-corrected chi connectivity index (χ0v) is 14.8. The van der Waals surface area contributed by atoms with Gasteiger partial charge in [0.25, 0.3) is 0 Å². The molecule has 0 aliphatic rings. The van der Waals surface area contributed by atoms with E-state index >= 15 is 0 Å². The Morgan fingerprint density at radius 1 is 0.926 bits per heavy atom.